The Morgan fingerprint density at radius 2 is 1.64 bits per heavy atom. The summed E-state index contributed by atoms with van der Waals surface area (Å²) in [7, 11) is 0. The monoisotopic (exact) mass is 199 g/mol. The Kier molecular flexibility index (Phi) is 1.82. The summed E-state index contributed by atoms with van der Waals surface area (Å²) in [6, 6.07) is 0. The highest BCUT2D eigenvalue weighted by Gasteiger charge is 2.62. The van der Waals surface area contributed by atoms with Gasteiger partial charge in [-0.3, -0.25) is 9.59 Å². The van der Waals surface area contributed by atoms with E-state index < -0.39 is 23.4 Å². The molecule has 0 aromatic carbocycles. The molecule has 0 aliphatic heterocycles. The van der Waals surface area contributed by atoms with E-state index in [9.17, 15) is 9.59 Å². The largest absolute Gasteiger partial charge is 0.481 e. The van der Waals surface area contributed by atoms with Gasteiger partial charge in [-0.25, -0.2) is 0 Å². The highest BCUT2D eigenvalue weighted by atomic mass is 16.4. The van der Waals surface area contributed by atoms with Gasteiger partial charge in [0.1, 0.15) is 5.54 Å². The molecule has 2 atom stereocenters. The third-order valence-corrected chi connectivity index (χ3v) is 3.78. The van der Waals surface area contributed by atoms with Crippen LogP contribution >= 0.6 is 0 Å². The Balaban J connectivity index is 2.13. The Hall–Kier alpha value is -1.10. The molecule has 4 N–H and O–H groups in total. The smallest absolute Gasteiger partial charge is 0.324 e. The number of carbonyl (C=O) groups is 2. The molecule has 3 rings (SSSR count). The van der Waals surface area contributed by atoms with E-state index >= 15 is 0 Å². The van der Waals surface area contributed by atoms with Gasteiger partial charge in [-0.05, 0) is 31.1 Å². The SMILES string of the molecule is NC1(C(=O)O)[C@H]2CC(C(=O)O)C[C@H]1C2. The molecule has 3 aliphatic carbocycles. The fourth-order valence-electron chi connectivity index (χ4n) is 2.82. The van der Waals surface area contributed by atoms with Crippen molar-refractivity contribution < 1.29 is 19.8 Å². The van der Waals surface area contributed by atoms with Crippen LogP contribution in [0.25, 0.3) is 0 Å². The first-order valence-electron chi connectivity index (χ1n) is 4.71. The van der Waals surface area contributed by atoms with E-state index in [0.29, 0.717) is 12.8 Å². The van der Waals surface area contributed by atoms with Crippen LogP contribution in [0.5, 0.6) is 0 Å². The summed E-state index contributed by atoms with van der Waals surface area (Å²) in [5.41, 5.74) is 4.62. The van der Waals surface area contributed by atoms with E-state index in [1.54, 1.807) is 0 Å². The maximum absolute atomic E-state index is 10.9. The Morgan fingerprint density at radius 1 is 1.14 bits per heavy atom. The van der Waals surface area contributed by atoms with Crippen LogP contribution in [0.2, 0.25) is 0 Å². The number of fused-ring (bicyclic) bond motifs is 2. The zero-order valence-electron chi connectivity index (χ0n) is 7.64. The maximum Gasteiger partial charge on any atom is 0.324 e. The van der Waals surface area contributed by atoms with Crippen molar-refractivity contribution in [3.8, 4) is 0 Å². The van der Waals surface area contributed by atoms with Crippen LogP contribution < -0.4 is 5.73 Å². The second-order valence-corrected chi connectivity index (χ2v) is 4.37. The van der Waals surface area contributed by atoms with Crippen LogP contribution in [0.1, 0.15) is 19.3 Å². The minimum Gasteiger partial charge on any atom is -0.481 e. The number of carboxylic acids is 2. The summed E-state index contributed by atoms with van der Waals surface area (Å²) in [6.07, 6.45) is 1.59. The second-order valence-electron chi connectivity index (χ2n) is 4.37. The molecular formula is C9H13NO4. The van der Waals surface area contributed by atoms with Crippen molar-refractivity contribution in [2.75, 3.05) is 0 Å². The highest BCUT2D eigenvalue weighted by Crippen LogP contribution is 2.54. The van der Waals surface area contributed by atoms with Crippen LogP contribution in [0, 0.1) is 17.8 Å². The number of hydrogen-bond acceptors (Lipinski definition) is 3. The standard InChI is InChI=1S/C9H13NO4/c10-9(8(13)14)5-1-4(7(11)12)2-6(9)3-5/h4-6H,1-3,10H2,(H,11,12)(H,13,14)/t4?,5-,6-,9?/m0/s1. The van der Waals surface area contributed by atoms with Crippen LogP contribution in [-0.4, -0.2) is 27.7 Å². The van der Waals surface area contributed by atoms with Gasteiger partial charge in [0, 0.05) is 0 Å². The molecule has 5 heteroatoms. The fraction of sp³-hybridized carbons (Fsp3) is 0.778. The zero-order chi connectivity index (χ0) is 10.5. The molecule has 0 spiro atoms. The molecule has 0 amide bonds. The van der Waals surface area contributed by atoms with E-state index in [1.165, 1.54) is 0 Å². The van der Waals surface area contributed by atoms with E-state index in [-0.39, 0.29) is 11.8 Å². The molecule has 0 saturated heterocycles. The molecule has 0 aromatic rings. The fourth-order valence-corrected chi connectivity index (χ4v) is 2.82. The van der Waals surface area contributed by atoms with Gasteiger partial charge in [0.2, 0.25) is 0 Å². The quantitative estimate of drug-likeness (QED) is 0.576. The van der Waals surface area contributed by atoms with Gasteiger partial charge >= 0.3 is 11.9 Å². The molecule has 78 valence electrons. The number of nitrogens with two attached hydrogens (primary N) is 1. The summed E-state index contributed by atoms with van der Waals surface area (Å²) in [4.78, 5) is 21.6. The van der Waals surface area contributed by atoms with Gasteiger partial charge in [0.25, 0.3) is 0 Å². The van der Waals surface area contributed by atoms with Gasteiger partial charge in [-0.15, -0.1) is 0 Å². The summed E-state index contributed by atoms with van der Waals surface area (Å²) < 4.78 is 0. The first-order chi connectivity index (χ1) is 6.46. The van der Waals surface area contributed by atoms with Crippen LogP contribution in [0.4, 0.5) is 0 Å². The molecule has 3 saturated carbocycles. The summed E-state index contributed by atoms with van der Waals surface area (Å²) in [6.45, 7) is 0. The lowest BCUT2D eigenvalue weighted by Gasteiger charge is -2.56. The molecule has 14 heavy (non-hydrogen) atoms. The molecule has 0 radical (unpaired) electrons. The molecule has 0 unspecified atom stereocenters. The van der Waals surface area contributed by atoms with Gasteiger partial charge in [0.15, 0.2) is 0 Å². The Labute approximate surface area is 80.9 Å². The average Bonchev–Trinajstić information content (AvgIpc) is 2.16. The second kappa shape index (κ2) is 2.70. The van der Waals surface area contributed by atoms with Crippen molar-refractivity contribution in [1.82, 2.24) is 0 Å². The number of carboxylic acid groups (broad SMARTS) is 2. The van der Waals surface area contributed by atoms with E-state index in [1.807, 2.05) is 0 Å². The molecule has 0 heterocycles. The van der Waals surface area contributed by atoms with Crippen molar-refractivity contribution in [3.05, 3.63) is 0 Å². The molecule has 5 nitrogen and oxygen atoms in total. The predicted molar refractivity (Wildman–Crippen MR) is 46.5 cm³/mol. The number of aliphatic carboxylic acids is 2. The van der Waals surface area contributed by atoms with E-state index in [2.05, 4.69) is 0 Å². The van der Waals surface area contributed by atoms with Gasteiger partial charge in [-0.1, -0.05) is 0 Å². The highest BCUT2D eigenvalue weighted by molar-refractivity contribution is 5.82. The van der Waals surface area contributed by atoms with Crippen LogP contribution in [0.15, 0.2) is 0 Å². The van der Waals surface area contributed by atoms with E-state index in [0.717, 1.165) is 6.42 Å². The lowest BCUT2D eigenvalue weighted by atomic mass is 9.50. The third kappa shape index (κ3) is 0.987. The zero-order valence-corrected chi connectivity index (χ0v) is 7.64. The topological polar surface area (TPSA) is 101 Å². The molecule has 0 aromatic heterocycles. The summed E-state index contributed by atoms with van der Waals surface area (Å²) in [5.74, 6) is -2.51. The van der Waals surface area contributed by atoms with Gasteiger partial charge < -0.3 is 15.9 Å². The summed E-state index contributed by atoms with van der Waals surface area (Å²) >= 11 is 0. The van der Waals surface area contributed by atoms with Crippen LogP contribution in [-0.2, 0) is 9.59 Å². The summed E-state index contributed by atoms with van der Waals surface area (Å²) in [5, 5.41) is 17.7. The first-order valence-corrected chi connectivity index (χ1v) is 4.71. The maximum atomic E-state index is 10.9. The Bertz CT molecular complexity index is 289. The van der Waals surface area contributed by atoms with Crippen molar-refractivity contribution in [2.45, 2.75) is 24.8 Å². The third-order valence-electron chi connectivity index (χ3n) is 3.78. The van der Waals surface area contributed by atoms with Gasteiger partial charge in [-0.2, -0.15) is 0 Å². The lowest BCUT2D eigenvalue weighted by Crippen LogP contribution is -2.70. The van der Waals surface area contributed by atoms with Crippen molar-refractivity contribution in [3.63, 3.8) is 0 Å². The van der Waals surface area contributed by atoms with Crippen molar-refractivity contribution >= 4 is 11.9 Å². The van der Waals surface area contributed by atoms with Crippen molar-refractivity contribution in [1.29, 1.82) is 0 Å². The molecular weight excluding hydrogens is 186 g/mol. The first kappa shape index (κ1) is 9.45. The van der Waals surface area contributed by atoms with Gasteiger partial charge in [0.05, 0.1) is 5.92 Å². The average molecular weight is 199 g/mol. The predicted octanol–water partition coefficient (Wildman–Crippen LogP) is -0.101. The molecule has 2 bridgehead atoms. The number of hydrogen-bond donors (Lipinski definition) is 3. The van der Waals surface area contributed by atoms with E-state index in [4.69, 9.17) is 15.9 Å². The van der Waals surface area contributed by atoms with Crippen LogP contribution in [0.3, 0.4) is 0 Å². The number of rotatable bonds is 2. The minimum absolute atomic E-state index is 0.153. The van der Waals surface area contributed by atoms with Crippen molar-refractivity contribution in [2.24, 2.45) is 23.5 Å². The lowest BCUT2D eigenvalue weighted by molar-refractivity contribution is -0.169. The molecule has 3 aliphatic rings. The minimum atomic E-state index is -1.15. The normalized spacial score (nSPS) is 45.4. The molecule has 3 fully saturated rings. The Morgan fingerprint density at radius 3 is 2.00 bits per heavy atom.